The largest absolute Gasteiger partial charge is 0.459 e. The number of amides is 1. The first-order valence-corrected chi connectivity index (χ1v) is 11.8. The molecule has 0 spiro atoms. The zero-order valence-corrected chi connectivity index (χ0v) is 19.7. The molecule has 1 amide bonds. The quantitative estimate of drug-likeness (QED) is 0.524. The van der Waals surface area contributed by atoms with Crippen LogP contribution >= 0.6 is 0 Å². The van der Waals surface area contributed by atoms with Crippen LogP contribution in [0.4, 0.5) is 5.69 Å². The van der Waals surface area contributed by atoms with E-state index < -0.39 is 0 Å². The van der Waals surface area contributed by atoms with Gasteiger partial charge < -0.3 is 19.0 Å². The van der Waals surface area contributed by atoms with Crippen molar-refractivity contribution in [3.05, 3.63) is 59.8 Å². The number of ether oxygens (including phenoxy) is 1. The Labute approximate surface area is 199 Å². The fourth-order valence-electron chi connectivity index (χ4n) is 4.74. The van der Waals surface area contributed by atoms with E-state index in [4.69, 9.17) is 9.15 Å². The van der Waals surface area contributed by atoms with E-state index in [2.05, 4.69) is 49.6 Å². The van der Waals surface area contributed by atoms with Crippen LogP contribution in [0.1, 0.15) is 40.8 Å². The van der Waals surface area contributed by atoms with Gasteiger partial charge >= 0.3 is 0 Å². The van der Waals surface area contributed by atoms with E-state index in [1.54, 1.807) is 12.1 Å². The summed E-state index contributed by atoms with van der Waals surface area (Å²) in [6.45, 7) is 4.08. The SMILES string of the molecule is CN(C)c1ccc([C@H](c2nnnn2C[C@@H]2CCCO2)N2CCN(C(=O)c3ccco3)CC2)cc1. The Hall–Kier alpha value is -3.24. The molecule has 4 heterocycles. The number of tetrazole rings is 1. The summed E-state index contributed by atoms with van der Waals surface area (Å²) < 4.78 is 13.0. The third-order valence-corrected chi connectivity index (χ3v) is 6.63. The predicted molar refractivity (Wildman–Crippen MR) is 126 cm³/mol. The number of carbonyl (C=O) groups is 1. The maximum absolute atomic E-state index is 12.7. The number of nitrogens with zero attached hydrogens (tertiary/aromatic N) is 7. The molecule has 180 valence electrons. The standard InChI is InChI=1S/C24H31N7O3/c1-28(2)19-9-7-18(8-10-19)22(23-25-26-27-31(23)17-20-5-3-15-33-20)29-11-13-30(14-12-29)24(32)21-6-4-16-34-21/h4,6-10,16,20,22H,3,5,11-15,17H2,1-2H3/t20-,22+/m0/s1. The fraction of sp³-hybridized carbons (Fsp3) is 0.500. The van der Waals surface area contributed by atoms with Crippen LogP contribution in [-0.4, -0.2) is 88.9 Å². The highest BCUT2D eigenvalue weighted by molar-refractivity contribution is 5.91. The Morgan fingerprint density at radius 1 is 1.15 bits per heavy atom. The number of furan rings is 1. The molecule has 0 N–H and O–H groups in total. The van der Waals surface area contributed by atoms with Gasteiger partial charge in [0.25, 0.3) is 5.91 Å². The first-order valence-electron chi connectivity index (χ1n) is 11.8. The van der Waals surface area contributed by atoms with Crippen LogP contribution in [0.25, 0.3) is 0 Å². The van der Waals surface area contributed by atoms with Gasteiger partial charge in [-0.1, -0.05) is 12.1 Å². The van der Waals surface area contributed by atoms with Crippen LogP contribution in [0, 0.1) is 0 Å². The molecular formula is C24H31N7O3. The molecule has 2 fully saturated rings. The van der Waals surface area contributed by atoms with Crippen molar-refractivity contribution in [3.8, 4) is 0 Å². The molecule has 2 saturated heterocycles. The van der Waals surface area contributed by atoms with Crippen molar-refractivity contribution in [1.82, 2.24) is 30.0 Å². The number of aromatic nitrogens is 4. The first-order chi connectivity index (χ1) is 16.6. The summed E-state index contributed by atoms with van der Waals surface area (Å²) in [5, 5.41) is 12.8. The van der Waals surface area contributed by atoms with Crippen LogP contribution in [0.5, 0.6) is 0 Å². The first kappa shape index (κ1) is 22.5. The van der Waals surface area contributed by atoms with Gasteiger partial charge in [-0.2, -0.15) is 0 Å². The van der Waals surface area contributed by atoms with Crippen molar-refractivity contribution >= 4 is 11.6 Å². The molecule has 10 nitrogen and oxygen atoms in total. The predicted octanol–water partition coefficient (Wildman–Crippen LogP) is 2.06. The Bertz CT molecular complexity index is 1070. The molecule has 10 heteroatoms. The highest BCUT2D eigenvalue weighted by Gasteiger charge is 2.33. The van der Waals surface area contributed by atoms with E-state index >= 15 is 0 Å². The molecule has 0 unspecified atom stereocenters. The number of hydrogen-bond donors (Lipinski definition) is 0. The van der Waals surface area contributed by atoms with Crippen molar-refractivity contribution in [2.24, 2.45) is 0 Å². The summed E-state index contributed by atoms with van der Waals surface area (Å²) in [5.41, 5.74) is 2.26. The van der Waals surface area contributed by atoms with E-state index in [-0.39, 0.29) is 18.1 Å². The molecule has 0 aliphatic carbocycles. The van der Waals surface area contributed by atoms with E-state index in [0.717, 1.165) is 36.5 Å². The second kappa shape index (κ2) is 9.94. The normalized spacial score (nSPS) is 19.9. The molecule has 3 aromatic rings. The molecule has 2 atom stereocenters. The van der Waals surface area contributed by atoms with Crippen molar-refractivity contribution < 1.29 is 13.9 Å². The van der Waals surface area contributed by atoms with Gasteiger partial charge in [-0.15, -0.1) is 5.10 Å². The minimum Gasteiger partial charge on any atom is -0.459 e. The molecule has 34 heavy (non-hydrogen) atoms. The topological polar surface area (TPSA) is 92.8 Å². The molecule has 0 radical (unpaired) electrons. The van der Waals surface area contributed by atoms with E-state index in [9.17, 15) is 4.79 Å². The summed E-state index contributed by atoms with van der Waals surface area (Å²) in [6, 6.07) is 11.9. The summed E-state index contributed by atoms with van der Waals surface area (Å²) >= 11 is 0. The molecule has 5 rings (SSSR count). The third kappa shape index (κ3) is 4.69. The maximum Gasteiger partial charge on any atom is 0.289 e. The Morgan fingerprint density at radius 3 is 2.59 bits per heavy atom. The number of hydrogen-bond acceptors (Lipinski definition) is 8. The highest BCUT2D eigenvalue weighted by Crippen LogP contribution is 2.30. The molecular weight excluding hydrogens is 434 g/mol. The number of piperazine rings is 1. The Balaban J connectivity index is 1.39. The van der Waals surface area contributed by atoms with E-state index in [1.807, 2.05) is 23.7 Å². The molecule has 0 saturated carbocycles. The summed E-state index contributed by atoms with van der Waals surface area (Å²) in [6.07, 6.45) is 3.77. The van der Waals surface area contributed by atoms with Gasteiger partial charge in [-0.05, 0) is 53.1 Å². The minimum atomic E-state index is -0.117. The van der Waals surface area contributed by atoms with Crippen LogP contribution in [0.2, 0.25) is 0 Å². The van der Waals surface area contributed by atoms with Gasteiger partial charge in [0.15, 0.2) is 11.6 Å². The average molecular weight is 466 g/mol. The zero-order valence-electron chi connectivity index (χ0n) is 19.7. The third-order valence-electron chi connectivity index (χ3n) is 6.63. The number of carbonyl (C=O) groups excluding carboxylic acids is 1. The van der Waals surface area contributed by atoms with Crippen molar-refractivity contribution in [3.63, 3.8) is 0 Å². The summed E-state index contributed by atoms with van der Waals surface area (Å²) in [4.78, 5) is 19.0. The smallest absolute Gasteiger partial charge is 0.289 e. The van der Waals surface area contributed by atoms with Crippen molar-refractivity contribution in [2.75, 3.05) is 51.8 Å². The highest BCUT2D eigenvalue weighted by atomic mass is 16.5. The van der Waals surface area contributed by atoms with Gasteiger partial charge in [0, 0.05) is 52.6 Å². The monoisotopic (exact) mass is 465 g/mol. The van der Waals surface area contributed by atoms with Crippen molar-refractivity contribution in [1.29, 1.82) is 0 Å². The fourth-order valence-corrected chi connectivity index (χ4v) is 4.74. The van der Waals surface area contributed by atoms with Crippen LogP contribution in [-0.2, 0) is 11.3 Å². The van der Waals surface area contributed by atoms with Gasteiger partial charge in [0.05, 0.1) is 25.0 Å². The van der Waals surface area contributed by atoms with Crippen molar-refractivity contribution in [2.45, 2.75) is 31.5 Å². The molecule has 2 aliphatic rings. The van der Waals surface area contributed by atoms with Crippen LogP contribution in [0.15, 0.2) is 47.1 Å². The van der Waals surface area contributed by atoms with Crippen LogP contribution in [0.3, 0.4) is 0 Å². The Kier molecular flexibility index (Phi) is 6.59. The van der Waals surface area contributed by atoms with Crippen LogP contribution < -0.4 is 4.90 Å². The van der Waals surface area contributed by atoms with E-state index in [0.29, 0.717) is 38.5 Å². The lowest BCUT2D eigenvalue weighted by Crippen LogP contribution is -2.50. The average Bonchev–Trinajstić information content (AvgIpc) is 3.64. The molecule has 2 aromatic heterocycles. The Morgan fingerprint density at radius 2 is 1.94 bits per heavy atom. The molecule has 2 aliphatic heterocycles. The molecule has 1 aromatic carbocycles. The lowest BCUT2D eigenvalue weighted by Gasteiger charge is -2.38. The second-order valence-corrected chi connectivity index (χ2v) is 9.05. The lowest BCUT2D eigenvalue weighted by molar-refractivity contribution is 0.0551. The summed E-state index contributed by atoms with van der Waals surface area (Å²) in [5.74, 6) is 1.11. The van der Waals surface area contributed by atoms with Gasteiger partial charge in [0.2, 0.25) is 0 Å². The zero-order chi connectivity index (χ0) is 23.5. The maximum atomic E-state index is 12.7. The van der Waals surface area contributed by atoms with Gasteiger partial charge in [-0.3, -0.25) is 9.69 Å². The lowest BCUT2D eigenvalue weighted by atomic mass is 10.0. The molecule has 0 bridgehead atoms. The summed E-state index contributed by atoms with van der Waals surface area (Å²) in [7, 11) is 4.06. The number of anilines is 1. The second-order valence-electron chi connectivity index (χ2n) is 9.05. The van der Waals surface area contributed by atoms with E-state index in [1.165, 1.54) is 6.26 Å². The number of rotatable bonds is 7. The number of benzene rings is 1. The minimum absolute atomic E-state index is 0.0697. The van der Waals surface area contributed by atoms with Gasteiger partial charge in [0.1, 0.15) is 0 Å². The van der Waals surface area contributed by atoms with Gasteiger partial charge in [-0.25, -0.2) is 4.68 Å².